The van der Waals surface area contributed by atoms with Gasteiger partial charge in [-0.1, -0.05) is 59.6 Å². The van der Waals surface area contributed by atoms with Crippen LogP contribution in [0.4, 0.5) is 5.00 Å². The summed E-state index contributed by atoms with van der Waals surface area (Å²) in [6.45, 7) is 2.18. The molecule has 5 rings (SSSR count). The predicted octanol–water partition coefficient (Wildman–Crippen LogP) is 8.17. The molecule has 8 heteroatoms. The molecule has 0 radical (unpaired) electrons. The van der Waals surface area contributed by atoms with Gasteiger partial charge in [-0.15, -0.1) is 11.3 Å². The molecule has 196 valence electrons. The molecule has 2 aromatic carbocycles. The molecular formula is C31H26BrN3O3S. The number of pyridine rings is 2. The minimum Gasteiger partial charge on any atom is -0.465 e. The van der Waals surface area contributed by atoms with E-state index in [1.54, 1.807) is 24.5 Å². The van der Waals surface area contributed by atoms with E-state index >= 15 is 0 Å². The number of unbranched alkanes of at least 4 members (excludes halogenated alkanes) is 1. The molecule has 0 unspecified atom stereocenters. The zero-order valence-corrected chi connectivity index (χ0v) is 23.9. The Morgan fingerprint density at radius 2 is 1.87 bits per heavy atom. The lowest BCUT2D eigenvalue weighted by molar-refractivity contribution is 0.0603. The van der Waals surface area contributed by atoms with Gasteiger partial charge in [-0.3, -0.25) is 9.78 Å². The van der Waals surface area contributed by atoms with Gasteiger partial charge in [0, 0.05) is 44.3 Å². The van der Waals surface area contributed by atoms with E-state index in [2.05, 4.69) is 57.4 Å². The van der Waals surface area contributed by atoms with Crippen LogP contribution in [0.3, 0.4) is 0 Å². The molecule has 0 fully saturated rings. The summed E-state index contributed by atoms with van der Waals surface area (Å²) in [6.07, 6.45) is 6.67. The summed E-state index contributed by atoms with van der Waals surface area (Å²) in [5, 5.41) is 5.91. The van der Waals surface area contributed by atoms with Crippen LogP contribution in [0.15, 0.2) is 82.9 Å². The van der Waals surface area contributed by atoms with Gasteiger partial charge in [0.25, 0.3) is 5.91 Å². The van der Waals surface area contributed by atoms with Gasteiger partial charge in [0.15, 0.2) is 0 Å². The second-order valence-corrected chi connectivity index (χ2v) is 10.9. The molecule has 0 saturated heterocycles. The third kappa shape index (κ3) is 5.77. The lowest BCUT2D eigenvalue weighted by Crippen LogP contribution is -2.15. The molecule has 0 bridgehead atoms. The molecule has 5 aromatic rings. The van der Waals surface area contributed by atoms with Crippen LogP contribution in [0.1, 0.15) is 46.0 Å². The number of halogens is 1. The number of fused-ring (bicyclic) bond motifs is 1. The highest BCUT2D eigenvalue weighted by Crippen LogP contribution is 2.37. The quantitative estimate of drug-likeness (QED) is 0.182. The SMILES string of the molecule is CCCCc1ccc(-c2cc(C(=O)Nc3scc(-c4cccnc4)c3C(=O)OC)c3cc(Br)ccc3n2)cc1. The van der Waals surface area contributed by atoms with E-state index in [0.717, 1.165) is 34.9 Å². The Morgan fingerprint density at radius 3 is 2.59 bits per heavy atom. The molecule has 0 atom stereocenters. The molecule has 0 aliphatic rings. The molecule has 39 heavy (non-hydrogen) atoms. The van der Waals surface area contributed by atoms with Crippen LogP contribution in [0, 0.1) is 0 Å². The van der Waals surface area contributed by atoms with Crippen LogP contribution in [0.5, 0.6) is 0 Å². The first kappa shape index (κ1) is 26.7. The molecule has 0 aliphatic heterocycles. The molecule has 1 amide bonds. The molecular weight excluding hydrogens is 574 g/mol. The van der Waals surface area contributed by atoms with Crippen molar-refractivity contribution in [2.45, 2.75) is 26.2 Å². The Kier molecular flexibility index (Phi) is 8.14. The number of nitrogens with zero attached hydrogens (tertiary/aromatic N) is 2. The first-order chi connectivity index (χ1) is 19.0. The number of nitrogens with one attached hydrogen (secondary N) is 1. The van der Waals surface area contributed by atoms with Gasteiger partial charge >= 0.3 is 5.97 Å². The van der Waals surface area contributed by atoms with Crippen LogP contribution in [0.25, 0.3) is 33.3 Å². The third-order valence-corrected chi connectivity index (χ3v) is 7.85. The average Bonchev–Trinajstić information content (AvgIpc) is 3.39. The second-order valence-electron chi connectivity index (χ2n) is 9.06. The summed E-state index contributed by atoms with van der Waals surface area (Å²) in [5.74, 6) is -0.873. The highest BCUT2D eigenvalue weighted by molar-refractivity contribution is 9.10. The number of hydrogen-bond acceptors (Lipinski definition) is 6. The van der Waals surface area contributed by atoms with E-state index in [9.17, 15) is 9.59 Å². The van der Waals surface area contributed by atoms with Crippen LogP contribution < -0.4 is 5.32 Å². The summed E-state index contributed by atoms with van der Waals surface area (Å²) in [5.41, 5.74) is 5.78. The van der Waals surface area contributed by atoms with E-state index < -0.39 is 5.97 Å². The Hall–Kier alpha value is -3.88. The topological polar surface area (TPSA) is 81.2 Å². The van der Waals surface area contributed by atoms with E-state index in [1.165, 1.54) is 24.0 Å². The number of esters is 1. The molecule has 3 heterocycles. The maximum Gasteiger partial charge on any atom is 0.341 e. The monoisotopic (exact) mass is 599 g/mol. The standard InChI is InChI=1S/C31H26BrN3O3S/c1-3-4-6-19-8-10-20(11-9-19)27-16-24(23-15-22(32)12-13-26(23)34-27)29(36)35-30-28(31(37)38-2)25(18-39-30)21-7-5-14-33-17-21/h5,7-18H,3-4,6H2,1-2H3,(H,35,36). The summed E-state index contributed by atoms with van der Waals surface area (Å²) < 4.78 is 5.90. The van der Waals surface area contributed by atoms with E-state index in [-0.39, 0.29) is 5.91 Å². The number of aryl methyl sites for hydroxylation is 1. The van der Waals surface area contributed by atoms with Gasteiger partial charge in [-0.25, -0.2) is 9.78 Å². The van der Waals surface area contributed by atoms with Crippen LogP contribution in [-0.4, -0.2) is 29.0 Å². The largest absolute Gasteiger partial charge is 0.465 e. The number of aromatic nitrogens is 2. The van der Waals surface area contributed by atoms with Crippen LogP contribution >= 0.6 is 27.3 Å². The highest BCUT2D eigenvalue weighted by Gasteiger charge is 2.24. The minimum atomic E-state index is -0.531. The fourth-order valence-electron chi connectivity index (χ4n) is 4.42. The Morgan fingerprint density at radius 1 is 1.05 bits per heavy atom. The first-order valence-corrected chi connectivity index (χ1v) is 14.3. The number of amides is 1. The van der Waals surface area contributed by atoms with Crippen molar-refractivity contribution in [2.24, 2.45) is 0 Å². The lowest BCUT2D eigenvalue weighted by Gasteiger charge is -2.12. The average molecular weight is 601 g/mol. The zero-order valence-electron chi connectivity index (χ0n) is 21.5. The smallest absolute Gasteiger partial charge is 0.341 e. The predicted molar refractivity (Wildman–Crippen MR) is 160 cm³/mol. The second kappa shape index (κ2) is 11.9. The maximum absolute atomic E-state index is 13.8. The summed E-state index contributed by atoms with van der Waals surface area (Å²) in [4.78, 5) is 35.6. The molecule has 0 saturated carbocycles. The normalized spacial score (nSPS) is 10.9. The van der Waals surface area contributed by atoms with Crippen LogP contribution in [0.2, 0.25) is 0 Å². The van der Waals surface area contributed by atoms with Crippen molar-refractivity contribution in [3.63, 3.8) is 0 Å². The van der Waals surface area contributed by atoms with Crippen molar-refractivity contribution in [3.05, 3.63) is 99.6 Å². The third-order valence-electron chi connectivity index (χ3n) is 6.46. The van der Waals surface area contributed by atoms with E-state index in [1.807, 2.05) is 29.6 Å². The highest BCUT2D eigenvalue weighted by atomic mass is 79.9. The van der Waals surface area contributed by atoms with Gasteiger partial charge in [-0.2, -0.15) is 0 Å². The number of ether oxygens (including phenoxy) is 1. The van der Waals surface area contributed by atoms with Crippen molar-refractivity contribution in [2.75, 3.05) is 12.4 Å². The number of thiophene rings is 1. The molecule has 3 aromatic heterocycles. The Bertz CT molecular complexity index is 1650. The number of carbonyl (C=O) groups excluding carboxylic acids is 2. The Balaban J connectivity index is 1.55. The van der Waals surface area contributed by atoms with E-state index in [4.69, 9.17) is 9.72 Å². The number of benzene rings is 2. The summed E-state index contributed by atoms with van der Waals surface area (Å²) in [6, 6.07) is 19.5. The fraction of sp³-hybridized carbons (Fsp3) is 0.161. The fourth-order valence-corrected chi connectivity index (χ4v) is 5.73. The lowest BCUT2D eigenvalue weighted by atomic mass is 10.0. The molecule has 1 N–H and O–H groups in total. The molecule has 6 nitrogen and oxygen atoms in total. The number of anilines is 1. The van der Waals surface area contributed by atoms with Gasteiger partial charge < -0.3 is 10.1 Å². The molecule has 0 aliphatic carbocycles. The van der Waals surface area contributed by atoms with Crippen molar-refractivity contribution < 1.29 is 14.3 Å². The van der Waals surface area contributed by atoms with Crippen molar-refractivity contribution in [1.29, 1.82) is 0 Å². The number of methoxy groups -OCH3 is 1. The van der Waals surface area contributed by atoms with Crippen LogP contribution in [-0.2, 0) is 11.2 Å². The van der Waals surface area contributed by atoms with Crippen molar-refractivity contribution in [1.82, 2.24) is 9.97 Å². The number of carbonyl (C=O) groups is 2. The van der Waals surface area contributed by atoms with Crippen molar-refractivity contribution >= 4 is 55.0 Å². The summed E-state index contributed by atoms with van der Waals surface area (Å²) >= 11 is 4.79. The van der Waals surface area contributed by atoms with Gasteiger partial charge in [0.05, 0.1) is 23.9 Å². The Labute approximate surface area is 239 Å². The maximum atomic E-state index is 13.8. The van der Waals surface area contributed by atoms with Crippen molar-refractivity contribution in [3.8, 4) is 22.4 Å². The van der Waals surface area contributed by atoms with Gasteiger partial charge in [-0.05, 0) is 48.7 Å². The summed E-state index contributed by atoms with van der Waals surface area (Å²) in [7, 11) is 1.33. The van der Waals surface area contributed by atoms with E-state index in [0.29, 0.717) is 38.3 Å². The first-order valence-electron chi connectivity index (χ1n) is 12.6. The van der Waals surface area contributed by atoms with Gasteiger partial charge in [0.2, 0.25) is 0 Å². The molecule has 0 spiro atoms. The minimum absolute atomic E-state index is 0.297. The number of rotatable bonds is 8. The van der Waals surface area contributed by atoms with Gasteiger partial charge in [0.1, 0.15) is 10.6 Å². The number of hydrogen-bond donors (Lipinski definition) is 1. The zero-order chi connectivity index (χ0) is 27.4.